The molecule has 0 unspecified atom stereocenters. The molecule has 0 amide bonds. The third-order valence-corrected chi connectivity index (χ3v) is 6.21. The topological polar surface area (TPSA) is 88.4 Å². The molecule has 1 fully saturated rings. The van der Waals surface area contributed by atoms with Crippen LogP contribution in [0.5, 0.6) is 5.75 Å². The van der Waals surface area contributed by atoms with Crippen molar-refractivity contribution in [2.75, 3.05) is 27.2 Å². The number of aryl methyl sites for hydroxylation is 2. The van der Waals surface area contributed by atoms with Crippen molar-refractivity contribution in [2.45, 2.75) is 32.6 Å². The van der Waals surface area contributed by atoms with Crippen LogP contribution in [0.25, 0.3) is 27.9 Å². The van der Waals surface area contributed by atoms with Crippen LogP contribution in [0.4, 0.5) is 0 Å². The molecule has 31 heavy (non-hydrogen) atoms. The molecule has 4 heterocycles. The fourth-order valence-corrected chi connectivity index (χ4v) is 4.49. The Bertz CT molecular complexity index is 1350. The molecule has 0 aliphatic carbocycles. The van der Waals surface area contributed by atoms with Gasteiger partial charge in [0.1, 0.15) is 17.0 Å². The molecule has 1 saturated heterocycles. The van der Waals surface area contributed by atoms with Crippen LogP contribution in [0.3, 0.4) is 0 Å². The molecule has 8 nitrogen and oxygen atoms in total. The van der Waals surface area contributed by atoms with Crippen molar-refractivity contribution < 1.29 is 4.74 Å². The number of aromatic nitrogens is 5. The van der Waals surface area contributed by atoms with Crippen LogP contribution in [0.15, 0.2) is 29.2 Å². The first-order valence-electron chi connectivity index (χ1n) is 10.6. The van der Waals surface area contributed by atoms with E-state index >= 15 is 0 Å². The summed E-state index contributed by atoms with van der Waals surface area (Å²) in [6.45, 7) is 5.98. The first kappa shape index (κ1) is 19.7. The van der Waals surface area contributed by atoms with Crippen molar-refractivity contribution in [3.8, 4) is 17.3 Å². The predicted octanol–water partition coefficient (Wildman–Crippen LogP) is 3.07. The Morgan fingerprint density at radius 1 is 1.13 bits per heavy atom. The van der Waals surface area contributed by atoms with Gasteiger partial charge < -0.3 is 14.6 Å². The number of H-pyrrole nitrogens is 1. The minimum Gasteiger partial charge on any atom is -0.494 e. The zero-order valence-corrected chi connectivity index (χ0v) is 18.3. The van der Waals surface area contributed by atoms with Crippen LogP contribution in [0.2, 0.25) is 0 Å². The second-order valence-corrected chi connectivity index (χ2v) is 8.44. The lowest BCUT2D eigenvalue weighted by Gasteiger charge is -2.29. The fraction of sp³-hybridized carbons (Fsp3) is 0.391. The Hall–Kier alpha value is -3.26. The summed E-state index contributed by atoms with van der Waals surface area (Å²) < 4.78 is 7.43. The van der Waals surface area contributed by atoms with Crippen LogP contribution < -0.4 is 10.3 Å². The largest absolute Gasteiger partial charge is 0.494 e. The molecule has 0 atom stereocenters. The standard InChI is InChI=1S/C23H26N6O2/c1-13-12-29-19(14(2)24-13)11-18(27-29)22-25-21-17(23(30)26-22)9-16(10-20(21)31-4)15-5-7-28(3)8-6-15/h9-12,15H,5-8H2,1-4H3,(H,25,26,30). The molecule has 1 aliphatic rings. The molecular weight excluding hydrogens is 392 g/mol. The predicted molar refractivity (Wildman–Crippen MR) is 120 cm³/mol. The maximum Gasteiger partial charge on any atom is 0.259 e. The van der Waals surface area contributed by atoms with E-state index in [9.17, 15) is 4.79 Å². The summed E-state index contributed by atoms with van der Waals surface area (Å²) in [5, 5.41) is 5.16. The van der Waals surface area contributed by atoms with Gasteiger partial charge in [-0.3, -0.25) is 9.78 Å². The number of methoxy groups -OCH3 is 1. The number of nitrogens with zero attached hydrogens (tertiary/aromatic N) is 5. The number of aromatic amines is 1. The van der Waals surface area contributed by atoms with E-state index in [1.165, 1.54) is 0 Å². The van der Waals surface area contributed by atoms with Gasteiger partial charge in [0.25, 0.3) is 5.56 Å². The van der Waals surface area contributed by atoms with E-state index in [0.717, 1.165) is 48.4 Å². The van der Waals surface area contributed by atoms with Gasteiger partial charge in [-0.25, -0.2) is 9.50 Å². The summed E-state index contributed by atoms with van der Waals surface area (Å²) in [4.78, 5) is 27.5. The Labute approximate surface area is 179 Å². The molecule has 1 aromatic carbocycles. The Balaban J connectivity index is 1.63. The highest BCUT2D eigenvalue weighted by Crippen LogP contribution is 2.33. The minimum atomic E-state index is -0.184. The van der Waals surface area contributed by atoms with E-state index < -0.39 is 0 Å². The summed E-state index contributed by atoms with van der Waals surface area (Å²) in [5.74, 6) is 1.46. The van der Waals surface area contributed by atoms with E-state index in [2.05, 4.69) is 27.0 Å². The third kappa shape index (κ3) is 3.46. The molecule has 8 heteroatoms. The van der Waals surface area contributed by atoms with Crippen molar-refractivity contribution in [2.24, 2.45) is 0 Å². The molecule has 3 aromatic heterocycles. The fourth-order valence-electron chi connectivity index (χ4n) is 4.49. The molecule has 160 valence electrons. The van der Waals surface area contributed by atoms with Gasteiger partial charge >= 0.3 is 0 Å². The normalized spacial score (nSPS) is 15.7. The second-order valence-electron chi connectivity index (χ2n) is 8.44. The van der Waals surface area contributed by atoms with E-state index in [1.54, 1.807) is 11.6 Å². The van der Waals surface area contributed by atoms with Crippen molar-refractivity contribution in [3.63, 3.8) is 0 Å². The number of ether oxygens (including phenoxy) is 1. The number of likely N-dealkylation sites (tertiary alicyclic amines) is 1. The van der Waals surface area contributed by atoms with Gasteiger partial charge in [-0.2, -0.15) is 5.10 Å². The number of benzene rings is 1. The average Bonchev–Trinajstić information content (AvgIpc) is 3.18. The summed E-state index contributed by atoms with van der Waals surface area (Å²) in [6, 6.07) is 5.91. The highest BCUT2D eigenvalue weighted by Gasteiger charge is 2.22. The maximum atomic E-state index is 13.1. The van der Waals surface area contributed by atoms with Gasteiger partial charge in [0.2, 0.25) is 0 Å². The van der Waals surface area contributed by atoms with Gasteiger partial charge in [0.05, 0.1) is 35.6 Å². The highest BCUT2D eigenvalue weighted by atomic mass is 16.5. The van der Waals surface area contributed by atoms with Crippen molar-refractivity contribution in [1.82, 2.24) is 29.5 Å². The second kappa shape index (κ2) is 7.46. The lowest BCUT2D eigenvalue weighted by molar-refractivity contribution is 0.255. The number of rotatable bonds is 3. The van der Waals surface area contributed by atoms with Crippen LogP contribution in [-0.4, -0.2) is 56.7 Å². The first-order chi connectivity index (χ1) is 14.9. The molecule has 0 radical (unpaired) electrons. The maximum absolute atomic E-state index is 13.1. The molecule has 1 aliphatic heterocycles. The lowest BCUT2D eigenvalue weighted by Crippen LogP contribution is -2.29. The van der Waals surface area contributed by atoms with Gasteiger partial charge in [0.15, 0.2) is 5.82 Å². The van der Waals surface area contributed by atoms with Crippen LogP contribution in [0, 0.1) is 13.8 Å². The Kier molecular flexibility index (Phi) is 4.74. The zero-order chi connectivity index (χ0) is 21.7. The number of piperidine rings is 1. The van der Waals surface area contributed by atoms with E-state index in [4.69, 9.17) is 9.72 Å². The molecule has 0 spiro atoms. The summed E-state index contributed by atoms with van der Waals surface area (Å²) >= 11 is 0. The average molecular weight is 419 g/mol. The van der Waals surface area contributed by atoms with Crippen molar-refractivity contribution in [1.29, 1.82) is 0 Å². The summed E-state index contributed by atoms with van der Waals surface area (Å²) in [5.41, 5.74) is 4.74. The van der Waals surface area contributed by atoms with E-state index in [-0.39, 0.29) is 5.56 Å². The lowest BCUT2D eigenvalue weighted by atomic mass is 9.89. The number of hydrogen-bond donors (Lipinski definition) is 1. The van der Waals surface area contributed by atoms with Crippen molar-refractivity contribution in [3.05, 3.63) is 51.7 Å². The number of nitrogens with one attached hydrogen (secondary N) is 1. The molecule has 0 bridgehead atoms. The minimum absolute atomic E-state index is 0.184. The Morgan fingerprint density at radius 3 is 2.65 bits per heavy atom. The zero-order valence-electron chi connectivity index (χ0n) is 18.3. The SMILES string of the molecule is COc1cc(C2CCN(C)CC2)cc2c(=O)[nH]c(-c3cc4c(C)nc(C)cn4n3)nc12. The van der Waals surface area contributed by atoms with E-state index in [1.807, 2.05) is 38.2 Å². The molecule has 4 aromatic rings. The monoisotopic (exact) mass is 418 g/mol. The van der Waals surface area contributed by atoms with Crippen LogP contribution >= 0.6 is 0 Å². The highest BCUT2D eigenvalue weighted by molar-refractivity contribution is 5.86. The molecule has 0 saturated carbocycles. The summed E-state index contributed by atoms with van der Waals surface area (Å²) in [7, 11) is 3.77. The first-order valence-corrected chi connectivity index (χ1v) is 10.6. The summed E-state index contributed by atoms with van der Waals surface area (Å²) in [6.07, 6.45) is 4.00. The van der Waals surface area contributed by atoms with E-state index in [0.29, 0.717) is 34.1 Å². The molecular formula is C23H26N6O2. The quantitative estimate of drug-likeness (QED) is 0.550. The molecule has 5 rings (SSSR count). The Morgan fingerprint density at radius 2 is 1.90 bits per heavy atom. The van der Waals surface area contributed by atoms with Crippen LogP contribution in [0.1, 0.15) is 35.7 Å². The number of fused-ring (bicyclic) bond motifs is 2. The molecule has 1 N–H and O–H groups in total. The van der Waals surface area contributed by atoms with Gasteiger partial charge in [-0.1, -0.05) is 0 Å². The third-order valence-electron chi connectivity index (χ3n) is 6.21. The number of hydrogen-bond acceptors (Lipinski definition) is 6. The van der Waals surface area contributed by atoms with Crippen molar-refractivity contribution >= 4 is 16.4 Å². The van der Waals surface area contributed by atoms with Gasteiger partial charge in [0, 0.05) is 0 Å². The van der Waals surface area contributed by atoms with Gasteiger partial charge in [-0.05, 0) is 76.5 Å². The van der Waals surface area contributed by atoms with Crippen LogP contribution in [-0.2, 0) is 0 Å². The van der Waals surface area contributed by atoms with Gasteiger partial charge in [-0.15, -0.1) is 0 Å². The smallest absolute Gasteiger partial charge is 0.259 e.